The largest absolute Gasteiger partial charge is 0.491 e. The molecule has 0 amide bonds. The number of pyridine rings is 4. The number of aliphatic hydroxyl groups is 1. The van der Waals surface area contributed by atoms with Crippen LogP contribution in [-0.2, 0) is 19.3 Å². The summed E-state index contributed by atoms with van der Waals surface area (Å²) in [6, 6.07) is 32.3. The topological polar surface area (TPSA) is 226 Å². The summed E-state index contributed by atoms with van der Waals surface area (Å²) in [6.07, 6.45) is -2.60. The third-order valence-electron chi connectivity index (χ3n) is 15.8. The quantitative estimate of drug-likeness (QED) is 0.0217. The molecular weight excluding hydrogens is 1510 g/mol. The lowest BCUT2D eigenvalue weighted by Gasteiger charge is -2.23. The molecule has 8 heterocycles. The Hall–Kier alpha value is -10.0. The van der Waals surface area contributed by atoms with Crippen molar-refractivity contribution in [3.05, 3.63) is 158 Å². The van der Waals surface area contributed by atoms with E-state index < -0.39 is 12.6 Å². The molecular formula is C86H105F3N14O6S4. The van der Waals surface area contributed by atoms with Crippen LogP contribution in [0.25, 0.3) is 98.9 Å². The third-order valence-corrected chi connectivity index (χ3v) is 18.9. The van der Waals surface area contributed by atoms with Gasteiger partial charge in [0.25, 0.3) is 0 Å². The van der Waals surface area contributed by atoms with Gasteiger partial charge in [0.2, 0.25) is 13.1 Å². The lowest BCUT2D eigenvalue weighted by Crippen LogP contribution is -2.23. The average Bonchev–Trinajstić information content (AvgIpc) is 1.78. The summed E-state index contributed by atoms with van der Waals surface area (Å²) in [5, 5.41) is 37.3. The van der Waals surface area contributed by atoms with Gasteiger partial charge in [-0.3, -0.25) is 0 Å². The van der Waals surface area contributed by atoms with Crippen molar-refractivity contribution in [2.45, 2.75) is 211 Å². The van der Waals surface area contributed by atoms with Crippen molar-refractivity contribution in [3.8, 4) is 74.3 Å². The molecule has 113 heavy (non-hydrogen) atoms. The number of halogens is 3. The second kappa shape index (κ2) is 41.1. The number of anilines is 4. The van der Waals surface area contributed by atoms with Gasteiger partial charge in [0, 0.05) is 117 Å². The normalized spacial score (nSPS) is 11.5. The van der Waals surface area contributed by atoms with E-state index in [2.05, 4.69) is 123 Å². The zero-order valence-electron chi connectivity index (χ0n) is 66.7. The number of rotatable bonds is 29. The number of alkyl halides is 3. The van der Waals surface area contributed by atoms with E-state index in [1.165, 1.54) is 16.9 Å². The highest BCUT2D eigenvalue weighted by Crippen LogP contribution is 2.39. The van der Waals surface area contributed by atoms with Crippen LogP contribution in [0.2, 0.25) is 0 Å². The van der Waals surface area contributed by atoms with Gasteiger partial charge in [-0.05, 0) is 196 Å². The predicted molar refractivity (Wildman–Crippen MR) is 463 cm³/mol. The van der Waals surface area contributed by atoms with E-state index in [9.17, 15) is 13.2 Å². The van der Waals surface area contributed by atoms with Crippen LogP contribution in [0.3, 0.4) is 0 Å². The number of aromatic nitrogens is 8. The van der Waals surface area contributed by atoms with Gasteiger partial charge in [-0.1, -0.05) is 25.6 Å². The van der Waals surface area contributed by atoms with Gasteiger partial charge in [-0.2, -0.15) is 13.2 Å². The van der Waals surface area contributed by atoms with E-state index in [0.717, 1.165) is 135 Å². The number of aryl methyl sites for hydroxylation is 2. The summed E-state index contributed by atoms with van der Waals surface area (Å²) in [5.41, 5.74) is 11.9. The molecule has 12 aromatic rings. The minimum absolute atomic E-state index is 0. The summed E-state index contributed by atoms with van der Waals surface area (Å²) in [6.45, 7) is 49.8. The Kier molecular flexibility index (Phi) is 32.2. The predicted octanol–water partition coefficient (Wildman–Crippen LogP) is 23.1. The van der Waals surface area contributed by atoms with Crippen LogP contribution in [0.5, 0.6) is 28.7 Å². The van der Waals surface area contributed by atoms with Crippen LogP contribution in [0.15, 0.2) is 119 Å². The number of benzene rings is 4. The van der Waals surface area contributed by atoms with Crippen LogP contribution in [0.1, 0.15) is 155 Å². The standard InChI is InChI=1S/C23H28N4OS.C21H24F3N3OS.C21H24N4OS.C20H25N3O3S.CH4/c1-15(2)25-22-27-20(14-29-22)19-13-21(28-23(3,4)5)17-10-9-16(8-7-11-24-6)12-18(17)26-19;1-12(2)25-20-27-18(11-29-20)17-10-19(28-13(3)4)15-6-5-14(9-16(15)26-17)7-8-21(22,23)24;1-13(2)23-21-25-19(12-27-21)18-11-20(26-14(3)4)16-7-6-15(8-9-22-5)10-17(16)24-18;1-12(2)21-20-23-18(11-27-20)17-10-19(26-13(3)4)15-6-5-14(25-8-7-24)9-16(15)22-17;/h9-10,12-15H,7-8,11H2,1-5H3,(H,25,27);5-6,9-13H,7-8H2,1-4H3,(H,25,27);6-7,10-14H,8-9H2,1-4H3,(H,23,25);5-6,9-13,24H,7-8H2,1-4H3,(H,21,23);1H4. The lowest BCUT2D eigenvalue weighted by atomic mass is 10.1. The fourth-order valence-electron chi connectivity index (χ4n) is 11.3. The first-order chi connectivity index (χ1) is 53.3. The molecule has 20 nitrogen and oxygen atoms in total. The molecule has 0 fully saturated rings. The highest BCUT2D eigenvalue weighted by molar-refractivity contribution is 7.15. The Bertz CT molecular complexity index is 5170. The summed E-state index contributed by atoms with van der Waals surface area (Å²) in [4.78, 5) is 44.7. The minimum Gasteiger partial charge on any atom is -0.491 e. The Morgan fingerprint density at radius 1 is 0.416 bits per heavy atom. The highest BCUT2D eigenvalue weighted by Gasteiger charge is 2.27. The van der Waals surface area contributed by atoms with Crippen molar-refractivity contribution in [3.63, 3.8) is 0 Å². The first-order valence-electron chi connectivity index (χ1n) is 37.6. The molecule has 12 rings (SSSR count). The lowest BCUT2D eigenvalue weighted by molar-refractivity contribution is -0.134. The van der Waals surface area contributed by atoms with Crippen molar-refractivity contribution in [1.29, 1.82) is 0 Å². The Morgan fingerprint density at radius 2 is 0.743 bits per heavy atom. The molecule has 27 heteroatoms. The Labute approximate surface area is 678 Å². The summed E-state index contributed by atoms with van der Waals surface area (Å²) in [5.74, 6) is 3.71. The van der Waals surface area contributed by atoms with Crippen molar-refractivity contribution >= 4 is 109 Å². The monoisotopic (exact) mass is 1610 g/mol. The maximum atomic E-state index is 12.6. The van der Waals surface area contributed by atoms with E-state index >= 15 is 0 Å². The molecule has 0 aliphatic carbocycles. The van der Waals surface area contributed by atoms with E-state index in [0.29, 0.717) is 65.2 Å². The van der Waals surface area contributed by atoms with Gasteiger partial charge in [0.05, 0.1) is 69.8 Å². The van der Waals surface area contributed by atoms with Crippen LogP contribution >= 0.6 is 45.3 Å². The van der Waals surface area contributed by atoms with Crippen LogP contribution in [0, 0.1) is 13.1 Å². The first kappa shape index (κ1) is 88.5. The van der Waals surface area contributed by atoms with Crippen LogP contribution in [-0.4, -0.2) is 126 Å². The van der Waals surface area contributed by atoms with Crippen molar-refractivity contribution in [2.24, 2.45) is 0 Å². The van der Waals surface area contributed by atoms with Gasteiger partial charge in [-0.25, -0.2) is 53.0 Å². The van der Waals surface area contributed by atoms with Gasteiger partial charge in [-0.15, -0.1) is 45.3 Å². The molecule has 5 N–H and O–H groups in total. The molecule has 0 atom stereocenters. The second-order valence-corrected chi connectivity index (χ2v) is 33.1. The van der Waals surface area contributed by atoms with Gasteiger partial charge >= 0.3 is 6.18 Å². The molecule has 0 aliphatic rings. The molecule has 8 aromatic heterocycles. The number of aliphatic hydroxyl groups excluding tert-OH is 1. The summed E-state index contributed by atoms with van der Waals surface area (Å²) in [7, 11) is 0. The van der Waals surface area contributed by atoms with Gasteiger partial charge in [0.1, 0.15) is 63.7 Å². The zero-order valence-corrected chi connectivity index (χ0v) is 69.9. The highest BCUT2D eigenvalue weighted by atomic mass is 32.1. The molecule has 4 aromatic carbocycles. The molecule has 0 unspecified atom stereocenters. The number of thiazole rings is 4. The van der Waals surface area contributed by atoms with Crippen LogP contribution in [0.4, 0.5) is 33.7 Å². The Balaban J connectivity index is 0.000000188. The number of hydrogen-bond donors (Lipinski definition) is 5. The summed E-state index contributed by atoms with van der Waals surface area (Å²) < 4.78 is 67.6. The molecule has 0 aliphatic heterocycles. The maximum Gasteiger partial charge on any atom is 0.389 e. The fraction of sp³-hybridized carbons (Fsp3) is 0.419. The molecule has 0 spiro atoms. The second-order valence-electron chi connectivity index (χ2n) is 29.6. The number of ether oxygens (including phenoxy) is 5. The number of nitrogens with one attached hydrogen (secondary N) is 4. The molecule has 0 bridgehead atoms. The van der Waals surface area contributed by atoms with Crippen molar-refractivity contribution in [1.82, 2.24) is 39.9 Å². The Morgan fingerprint density at radius 3 is 1.07 bits per heavy atom. The number of fused-ring (bicyclic) bond motifs is 4. The fourth-order valence-corrected chi connectivity index (χ4v) is 14.7. The van der Waals surface area contributed by atoms with Gasteiger partial charge in [0.15, 0.2) is 20.5 Å². The molecule has 0 radical (unpaired) electrons. The molecule has 600 valence electrons. The minimum atomic E-state index is -4.18. The molecule has 0 saturated heterocycles. The average molecular weight is 1620 g/mol. The molecule has 0 saturated carbocycles. The van der Waals surface area contributed by atoms with E-state index in [1.54, 1.807) is 52.2 Å². The zero-order chi connectivity index (χ0) is 81.0. The summed E-state index contributed by atoms with van der Waals surface area (Å²) >= 11 is 6.20. The van der Waals surface area contributed by atoms with Crippen LogP contribution < -0.4 is 45.0 Å². The maximum absolute atomic E-state index is 12.6. The van der Waals surface area contributed by atoms with Crippen molar-refractivity contribution < 1.29 is 42.0 Å². The van der Waals surface area contributed by atoms with E-state index in [1.807, 2.05) is 146 Å². The SMILES string of the molecule is C.CC(C)Nc1nc(-c2cc(OC(C)C)c3ccc(CCC(F)(F)F)cc3n2)cs1.CC(C)Nc1nc(-c2cc(OC(C)C)c3ccc(OCCO)cc3n2)cs1.[C-]#[N+]CCCc1ccc2c(OC(C)(C)C)cc(-c3csc(NC(C)C)n3)nc2c1.[C-]#[N+]CCc1ccc2c(OC(C)C)cc(-c3csc(NC(C)C)n3)nc2c1. The first-order valence-corrected chi connectivity index (χ1v) is 41.1. The number of nitrogens with zero attached hydrogens (tertiary/aromatic N) is 10. The van der Waals surface area contributed by atoms with Crippen molar-refractivity contribution in [2.75, 3.05) is 47.6 Å². The van der Waals surface area contributed by atoms with E-state index in [4.69, 9.17) is 61.9 Å². The van der Waals surface area contributed by atoms with Gasteiger partial charge < -0.3 is 59.7 Å². The van der Waals surface area contributed by atoms with E-state index in [-0.39, 0.29) is 57.0 Å². The number of hydrogen-bond acceptors (Lipinski definition) is 22. The third kappa shape index (κ3) is 27.1. The smallest absolute Gasteiger partial charge is 0.389 e.